The molecule has 2 amide bonds. The van der Waals surface area contributed by atoms with Crippen molar-refractivity contribution >= 4 is 18.0 Å². The Bertz CT molecular complexity index is 1110. The molecule has 3 N–H and O–H groups in total. The van der Waals surface area contributed by atoms with Gasteiger partial charge >= 0.3 is 12.1 Å². The van der Waals surface area contributed by atoms with Crippen LogP contribution >= 0.6 is 0 Å². The molecule has 3 aliphatic rings. The third-order valence-corrected chi connectivity index (χ3v) is 8.34. The lowest BCUT2D eigenvalue weighted by Gasteiger charge is -2.31. The number of rotatable bonds is 9. The van der Waals surface area contributed by atoms with Gasteiger partial charge in [-0.25, -0.2) is 4.79 Å². The van der Waals surface area contributed by atoms with Crippen molar-refractivity contribution in [1.29, 1.82) is 0 Å². The first-order valence-corrected chi connectivity index (χ1v) is 12.5. The second-order valence-electron chi connectivity index (χ2n) is 10.2. The van der Waals surface area contributed by atoms with Crippen LogP contribution in [0.2, 0.25) is 0 Å². The fraction of sp³-hybridized carbons (Fsp3) is 0.464. The molecular weight excluding hydrogens is 444 g/mol. The Kier molecular flexibility index (Phi) is 6.03. The second kappa shape index (κ2) is 9.02. The van der Waals surface area contributed by atoms with Gasteiger partial charge in [-0.2, -0.15) is 0 Å². The summed E-state index contributed by atoms with van der Waals surface area (Å²) in [6.07, 6.45) is 3.97. The van der Waals surface area contributed by atoms with Gasteiger partial charge in [-0.1, -0.05) is 68.3 Å². The van der Waals surface area contributed by atoms with Crippen LogP contribution in [0.3, 0.4) is 0 Å². The number of carbonyl (C=O) groups excluding carboxylic acids is 2. The quantitative estimate of drug-likeness (QED) is 0.496. The molecule has 7 heteroatoms. The number of carboxylic acids is 1. The zero-order valence-corrected chi connectivity index (χ0v) is 20.0. The number of amides is 2. The summed E-state index contributed by atoms with van der Waals surface area (Å²) in [6, 6.07) is 15.5. The lowest BCUT2D eigenvalue weighted by Crippen LogP contribution is -2.49. The summed E-state index contributed by atoms with van der Waals surface area (Å²) in [5.41, 5.74) is 3.54. The van der Waals surface area contributed by atoms with Crippen molar-refractivity contribution in [2.75, 3.05) is 13.2 Å². The van der Waals surface area contributed by atoms with Crippen LogP contribution in [0.25, 0.3) is 11.1 Å². The van der Waals surface area contributed by atoms with Crippen LogP contribution in [-0.4, -0.2) is 42.3 Å². The standard InChI is InChI=1S/C28H32N2O5/c1-2-8-23(24(31)29-17-28(25(32)33)16-27(28)13-7-14-27)30-26(34)35-15-22-20-11-5-3-9-18(20)19-10-4-6-12-21(19)22/h3-6,9-12,22-23H,2,7-8,13-17H2,1H3,(H,29,31)(H,30,34)(H,32,33)/t23-,28?/m1/s1. The first-order valence-electron chi connectivity index (χ1n) is 12.5. The molecule has 0 radical (unpaired) electrons. The van der Waals surface area contributed by atoms with Gasteiger partial charge in [0.25, 0.3) is 0 Å². The summed E-state index contributed by atoms with van der Waals surface area (Å²) in [5.74, 6) is -1.26. The Morgan fingerprint density at radius 2 is 1.69 bits per heavy atom. The Morgan fingerprint density at radius 1 is 1.06 bits per heavy atom. The van der Waals surface area contributed by atoms with E-state index in [2.05, 4.69) is 34.9 Å². The number of carbonyl (C=O) groups is 3. The van der Waals surface area contributed by atoms with Crippen LogP contribution in [0.4, 0.5) is 4.79 Å². The van der Waals surface area contributed by atoms with Gasteiger partial charge in [0.1, 0.15) is 12.6 Å². The fourth-order valence-electron chi connectivity index (χ4n) is 6.12. The van der Waals surface area contributed by atoms with Gasteiger partial charge in [0.15, 0.2) is 0 Å². The Balaban J connectivity index is 1.19. The molecular formula is C28H32N2O5. The molecule has 2 saturated carbocycles. The van der Waals surface area contributed by atoms with Crippen molar-refractivity contribution in [2.45, 2.75) is 57.4 Å². The molecule has 35 heavy (non-hydrogen) atoms. The number of aliphatic carboxylic acids is 1. The van der Waals surface area contributed by atoms with Crippen molar-refractivity contribution in [3.8, 4) is 11.1 Å². The Hall–Kier alpha value is -3.35. The highest BCUT2D eigenvalue weighted by Crippen LogP contribution is 2.73. The molecule has 1 unspecified atom stereocenters. The number of alkyl carbamates (subject to hydrolysis) is 1. The molecule has 3 aliphatic carbocycles. The van der Waals surface area contributed by atoms with E-state index in [0.29, 0.717) is 19.3 Å². The van der Waals surface area contributed by atoms with Crippen molar-refractivity contribution in [1.82, 2.24) is 10.6 Å². The highest BCUT2D eigenvalue weighted by atomic mass is 16.5. The number of hydrogen-bond acceptors (Lipinski definition) is 4. The summed E-state index contributed by atoms with van der Waals surface area (Å²) < 4.78 is 5.60. The summed E-state index contributed by atoms with van der Waals surface area (Å²) >= 11 is 0. The zero-order chi connectivity index (χ0) is 24.6. The number of ether oxygens (including phenoxy) is 1. The van der Waals surface area contributed by atoms with E-state index in [0.717, 1.165) is 41.5 Å². The zero-order valence-electron chi connectivity index (χ0n) is 20.0. The smallest absolute Gasteiger partial charge is 0.407 e. The number of hydrogen-bond donors (Lipinski definition) is 3. The maximum atomic E-state index is 12.9. The SMILES string of the molecule is CCC[C@@H](NC(=O)OCC1c2ccccc2-c2ccccc21)C(=O)NCC1(C(=O)O)CC12CCC2. The molecule has 184 valence electrons. The number of nitrogens with one attached hydrogen (secondary N) is 2. The average molecular weight is 477 g/mol. The first kappa shape index (κ1) is 23.4. The van der Waals surface area contributed by atoms with Crippen LogP contribution < -0.4 is 10.6 Å². The molecule has 2 fully saturated rings. The molecule has 5 rings (SSSR count). The van der Waals surface area contributed by atoms with Gasteiger partial charge in [0, 0.05) is 12.5 Å². The molecule has 0 heterocycles. The molecule has 7 nitrogen and oxygen atoms in total. The topological polar surface area (TPSA) is 105 Å². The van der Waals surface area contributed by atoms with Gasteiger partial charge < -0.3 is 20.5 Å². The summed E-state index contributed by atoms with van der Waals surface area (Å²) in [6.45, 7) is 2.21. The maximum Gasteiger partial charge on any atom is 0.407 e. The average Bonchev–Trinajstić information content (AvgIpc) is 3.46. The third kappa shape index (κ3) is 3.97. The summed E-state index contributed by atoms with van der Waals surface area (Å²) in [5, 5.41) is 15.3. The van der Waals surface area contributed by atoms with Crippen molar-refractivity contribution in [3.63, 3.8) is 0 Å². The fourth-order valence-corrected chi connectivity index (χ4v) is 6.12. The Morgan fingerprint density at radius 3 is 2.20 bits per heavy atom. The largest absolute Gasteiger partial charge is 0.481 e. The van der Waals surface area contributed by atoms with Crippen LogP contribution in [0, 0.1) is 10.8 Å². The molecule has 0 bridgehead atoms. The van der Waals surface area contributed by atoms with Gasteiger partial charge in [-0.3, -0.25) is 9.59 Å². The molecule has 0 aromatic heterocycles. The molecule has 2 aromatic rings. The number of benzene rings is 2. The van der Waals surface area contributed by atoms with E-state index in [9.17, 15) is 19.5 Å². The third-order valence-electron chi connectivity index (χ3n) is 8.34. The van der Waals surface area contributed by atoms with Crippen molar-refractivity contribution < 1.29 is 24.2 Å². The van der Waals surface area contributed by atoms with Gasteiger partial charge in [0.2, 0.25) is 5.91 Å². The summed E-state index contributed by atoms with van der Waals surface area (Å²) in [4.78, 5) is 37.5. The number of fused-ring (bicyclic) bond motifs is 3. The number of carboxylic acid groups (broad SMARTS) is 1. The van der Waals surface area contributed by atoms with Gasteiger partial charge in [-0.15, -0.1) is 0 Å². The van der Waals surface area contributed by atoms with Crippen LogP contribution in [-0.2, 0) is 14.3 Å². The predicted molar refractivity (Wildman–Crippen MR) is 131 cm³/mol. The lowest BCUT2D eigenvalue weighted by atomic mass is 9.75. The minimum atomic E-state index is -0.860. The van der Waals surface area contributed by atoms with E-state index in [4.69, 9.17) is 4.74 Å². The molecule has 2 atom stereocenters. The minimum Gasteiger partial charge on any atom is -0.481 e. The van der Waals surface area contributed by atoms with E-state index in [1.54, 1.807) is 0 Å². The second-order valence-corrected chi connectivity index (χ2v) is 10.2. The van der Waals surface area contributed by atoms with Gasteiger partial charge in [0.05, 0.1) is 5.41 Å². The highest BCUT2D eigenvalue weighted by Gasteiger charge is 2.73. The van der Waals surface area contributed by atoms with E-state index in [1.165, 1.54) is 0 Å². The molecule has 0 saturated heterocycles. The van der Waals surface area contributed by atoms with E-state index in [-0.39, 0.29) is 30.4 Å². The normalized spacial score (nSPS) is 21.9. The minimum absolute atomic E-state index is 0.0597. The Labute approximate surface area is 205 Å². The van der Waals surface area contributed by atoms with Crippen LogP contribution in [0.5, 0.6) is 0 Å². The summed E-state index contributed by atoms with van der Waals surface area (Å²) in [7, 11) is 0. The van der Waals surface area contributed by atoms with E-state index < -0.39 is 23.5 Å². The first-order chi connectivity index (χ1) is 16.9. The molecule has 1 spiro atoms. The van der Waals surface area contributed by atoms with E-state index >= 15 is 0 Å². The van der Waals surface area contributed by atoms with E-state index in [1.807, 2.05) is 31.2 Å². The van der Waals surface area contributed by atoms with Crippen molar-refractivity contribution in [2.24, 2.45) is 10.8 Å². The lowest BCUT2D eigenvalue weighted by molar-refractivity contribution is -0.146. The molecule has 0 aliphatic heterocycles. The monoisotopic (exact) mass is 476 g/mol. The van der Waals surface area contributed by atoms with Gasteiger partial charge in [-0.05, 0) is 53.4 Å². The van der Waals surface area contributed by atoms with Crippen LogP contribution in [0.15, 0.2) is 48.5 Å². The molecule has 2 aromatic carbocycles. The van der Waals surface area contributed by atoms with Crippen molar-refractivity contribution in [3.05, 3.63) is 59.7 Å². The van der Waals surface area contributed by atoms with Crippen LogP contribution in [0.1, 0.15) is 62.5 Å². The maximum absolute atomic E-state index is 12.9. The predicted octanol–water partition coefficient (Wildman–Crippen LogP) is 4.46. The highest BCUT2D eigenvalue weighted by molar-refractivity contribution is 5.87.